The van der Waals surface area contributed by atoms with Crippen molar-refractivity contribution in [3.8, 4) is 6.07 Å². The Hall–Kier alpha value is -1.04. The summed E-state index contributed by atoms with van der Waals surface area (Å²) in [7, 11) is 1.87. The predicted octanol–water partition coefficient (Wildman–Crippen LogP) is -0.146. The minimum Gasteiger partial charge on any atom is -0.349 e. The molecule has 0 saturated heterocycles. The predicted molar refractivity (Wildman–Crippen MR) is 30.5 cm³/mol. The Balaban J connectivity index is 2.66. The maximum atomic E-state index is 8.31. The molecule has 0 fully saturated rings. The second-order valence-corrected chi connectivity index (χ2v) is 1.74. The quantitative estimate of drug-likeness (QED) is 0.434. The molecular weight excluding hydrogens is 102 g/mol. The lowest BCUT2D eigenvalue weighted by molar-refractivity contribution is 0.559. The Morgan fingerprint density at radius 1 is 1.88 bits per heavy atom. The molecule has 3 nitrogen and oxygen atoms in total. The molecule has 1 aliphatic rings. The van der Waals surface area contributed by atoms with Crippen molar-refractivity contribution in [3.63, 3.8) is 0 Å². The smallest absolute Gasteiger partial charge is 0.203 e. The normalized spacial score (nSPS) is 18.0. The molecule has 0 unspecified atom stereocenters. The molecule has 0 aromatic heterocycles. The summed E-state index contributed by atoms with van der Waals surface area (Å²) in [6.07, 6.45) is 0. The van der Waals surface area contributed by atoms with Gasteiger partial charge in [0.05, 0.1) is 6.54 Å². The SMILES string of the molecule is CN1CCN=C1C#N. The molecule has 0 amide bonds. The van der Waals surface area contributed by atoms with Gasteiger partial charge in [0, 0.05) is 13.6 Å². The molecule has 1 rings (SSSR count). The largest absolute Gasteiger partial charge is 0.349 e. The number of hydrogen-bond donors (Lipinski definition) is 0. The first kappa shape index (κ1) is 5.10. The molecule has 0 radical (unpaired) electrons. The molecule has 0 atom stereocenters. The fourth-order valence-corrected chi connectivity index (χ4v) is 0.653. The number of likely N-dealkylation sites (N-methyl/N-ethyl adjacent to an activating group) is 1. The van der Waals surface area contributed by atoms with Crippen molar-refractivity contribution in [3.05, 3.63) is 0 Å². The highest BCUT2D eigenvalue weighted by atomic mass is 15.2. The van der Waals surface area contributed by atoms with Gasteiger partial charge >= 0.3 is 0 Å². The third-order valence-electron chi connectivity index (χ3n) is 1.16. The van der Waals surface area contributed by atoms with Crippen molar-refractivity contribution < 1.29 is 0 Å². The summed E-state index contributed by atoms with van der Waals surface area (Å²) in [5.41, 5.74) is 0. The van der Waals surface area contributed by atoms with Crippen LogP contribution in [-0.4, -0.2) is 30.9 Å². The highest BCUT2D eigenvalue weighted by molar-refractivity contribution is 5.97. The zero-order chi connectivity index (χ0) is 5.98. The Bertz CT molecular complexity index is 154. The highest BCUT2D eigenvalue weighted by Crippen LogP contribution is 1.94. The van der Waals surface area contributed by atoms with Crippen LogP contribution in [0, 0.1) is 11.3 Å². The number of nitriles is 1. The van der Waals surface area contributed by atoms with Gasteiger partial charge in [-0.15, -0.1) is 0 Å². The fourth-order valence-electron chi connectivity index (χ4n) is 0.653. The zero-order valence-electron chi connectivity index (χ0n) is 4.76. The molecule has 0 aromatic rings. The van der Waals surface area contributed by atoms with Crippen molar-refractivity contribution >= 4 is 5.84 Å². The summed E-state index contributed by atoms with van der Waals surface area (Å²) in [5, 5.41) is 8.31. The Labute approximate surface area is 48.2 Å². The van der Waals surface area contributed by atoms with Crippen LogP contribution in [0.25, 0.3) is 0 Å². The van der Waals surface area contributed by atoms with Crippen LogP contribution in [0.1, 0.15) is 0 Å². The molecule has 0 bridgehead atoms. The number of rotatable bonds is 0. The third kappa shape index (κ3) is 0.648. The lowest BCUT2D eigenvalue weighted by Crippen LogP contribution is -2.20. The average Bonchev–Trinajstić information content (AvgIpc) is 2.14. The zero-order valence-corrected chi connectivity index (χ0v) is 4.76. The molecule has 8 heavy (non-hydrogen) atoms. The summed E-state index contributed by atoms with van der Waals surface area (Å²) >= 11 is 0. The minimum absolute atomic E-state index is 0.560. The molecule has 0 aromatic carbocycles. The van der Waals surface area contributed by atoms with E-state index in [1.165, 1.54) is 0 Å². The highest BCUT2D eigenvalue weighted by Gasteiger charge is 2.09. The summed E-state index contributed by atoms with van der Waals surface area (Å²) in [5.74, 6) is 0.560. The molecule has 0 saturated carbocycles. The van der Waals surface area contributed by atoms with Gasteiger partial charge in [-0.3, -0.25) is 4.99 Å². The van der Waals surface area contributed by atoms with Gasteiger partial charge in [-0.25, -0.2) is 0 Å². The summed E-state index contributed by atoms with van der Waals surface area (Å²) < 4.78 is 0. The summed E-state index contributed by atoms with van der Waals surface area (Å²) in [6.45, 7) is 1.67. The molecule has 42 valence electrons. The molecule has 0 spiro atoms. The van der Waals surface area contributed by atoms with E-state index < -0.39 is 0 Å². The van der Waals surface area contributed by atoms with Gasteiger partial charge in [-0.05, 0) is 0 Å². The number of nitrogens with zero attached hydrogens (tertiary/aromatic N) is 3. The molecule has 3 heteroatoms. The Kier molecular flexibility index (Phi) is 1.17. The Morgan fingerprint density at radius 2 is 2.62 bits per heavy atom. The van der Waals surface area contributed by atoms with Gasteiger partial charge in [0.1, 0.15) is 6.07 Å². The van der Waals surface area contributed by atoms with Gasteiger partial charge in [0.2, 0.25) is 5.84 Å². The Morgan fingerprint density at radius 3 is 2.88 bits per heavy atom. The maximum absolute atomic E-state index is 8.31. The van der Waals surface area contributed by atoms with Gasteiger partial charge in [0.15, 0.2) is 0 Å². The van der Waals surface area contributed by atoms with Crippen LogP contribution in [0.3, 0.4) is 0 Å². The second kappa shape index (κ2) is 1.83. The van der Waals surface area contributed by atoms with Crippen molar-refractivity contribution in [2.24, 2.45) is 4.99 Å². The van der Waals surface area contributed by atoms with E-state index in [1.54, 1.807) is 0 Å². The van der Waals surface area contributed by atoms with Crippen LogP contribution in [0.15, 0.2) is 4.99 Å². The van der Waals surface area contributed by atoms with Crippen molar-refractivity contribution in [1.82, 2.24) is 4.90 Å². The van der Waals surface area contributed by atoms with E-state index in [1.807, 2.05) is 18.0 Å². The van der Waals surface area contributed by atoms with Crippen LogP contribution < -0.4 is 0 Å². The maximum Gasteiger partial charge on any atom is 0.203 e. The fraction of sp³-hybridized carbons (Fsp3) is 0.600. The molecule has 0 N–H and O–H groups in total. The van der Waals surface area contributed by atoms with Gasteiger partial charge in [-0.2, -0.15) is 5.26 Å². The topological polar surface area (TPSA) is 39.4 Å². The van der Waals surface area contributed by atoms with E-state index >= 15 is 0 Å². The first-order valence-corrected chi connectivity index (χ1v) is 2.50. The van der Waals surface area contributed by atoms with Crippen LogP contribution in [0.2, 0.25) is 0 Å². The molecule has 1 aliphatic heterocycles. The van der Waals surface area contributed by atoms with E-state index in [0.717, 1.165) is 13.1 Å². The standard InChI is InChI=1S/C5H7N3/c1-8-3-2-7-5(8)4-6/h2-3H2,1H3. The van der Waals surface area contributed by atoms with Crippen molar-refractivity contribution in [2.45, 2.75) is 0 Å². The summed E-state index contributed by atoms with van der Waals surface area (Å²) in [4.78, 5) is 5.76. The molecule has 1 heterocycles. The van der Waals surface area contributed by atoms with Crippen LogP contribution in [-0.2, 0) is 0 Å². The van der Waals surface area contributed by atoms with Gasteiger partial charge in [-0.1, -0.05) is 0 Å². The lowest BCUT2D eigenvalue weighted by Gasteiger charge is -2.04. The van der Waals surface area contributed by atoms with E-state index in [2.05, 4.69) is 4.99 Å². The van der Waals surface area contributed by atoms with Crippen LogP contribution in [0.4, 0.5) is 0 Å². The second-order valence-electron chi connectivity index (χ2n) is 1.74. The average molecular weight is 109 g/mol. The number of hydrogen-bond acceptors (Lipinski definition) is 3. The lowest BCUT2D eigenvalue weighted by atomic mass is 10.6. The first-order chi connectivity index (χ1) is 3.84. The van der Waals surface area contributed by atoms with Crippen LogP contribution >= 0.6 is 0 Å². The van der Waals surface area contributed by atoms with Crippen molar-refractivity contribution in [2.75, 3.05) is 20.1 Å². The van der Waals surface area contributed by atoms with Gasteiger partial charge in [0.25, 0.3) is 0 Å². The van der Waals surface area contributed by atoms with E-state index in [9.17, 15) is 0 Å². The van der Waals surface area contributed by atoms with E-state index in [0.29, 0.717) is 5.84 Å². The van der Waals surface area contributed by atoms with Gasteiger partial charge < -0.3 is 4.90 Å². The monoisotopic (exact) mass is 109 g/mol. The molecule has 0 aliphatic carbocycles. The van der Waals surface area contributed by atoms with Crippen molar-refractivity contribution in [1.29, 1.82) is 5.26 Å². The number of aliphatic imine (C=N–C) groups is 1. The molecular formula is C5H7N3. The number of amidine groups is 1. The van der Waals surface area contributed by atoms with E-state index in [4.69, 9.17) is 5.26 Å². The first-order valence-electron chi connectivity index (χ1n) is 2.50. The van der Waals surface area contributed by atoms with Crippen LogP contribution in [0.5, 0.6) is 0 Å². The minimum atomic E-state index is 0.560. The third-order valence-corrected chi connectivity index (χ3v) is 1.16. The van der Waals surface area contributed by atoms with E-state index in [-0.39, 0.29) is 0 Å². The summed E-state index contributed by atoms with van der Waals surface area (Å²) in [6, 6.07) is 1.99.